The van der Waals surface area contributed by atoms with E-state index in [-0.39, 0.29) is 29.3 Å². The van der Waals surface area contributed by atoms with Crippen molar-refractivity contribution in [3.8, 4) is 11.5 Å². The van der Waals surface area contributed by atoms with Crippen molar-refractivity contribution in [1.29, 1.82) is 0 Å². The van der Waals surface area contributed by atoms with Crippen molar-refractivity contribution in [2.45, 2.75) is 18.4 Å². The highest BCUT2D eigenvalue weighted by Crippen LogP contribution is 2.54. The van der Waals surface area contributed by atoms with Gasteiger partial charge in [-0.05, 0) is 36.1 Å². The molecule has 27 heavy (non-hydrogen) atoms. The molecule has 1 aliphatic carbocycles. The highest BCUT2D eigenvalue weighted by Gasteiger charge is 2.40. The van der Waals surface area contributed by atoms with E-state index in [1.54, 1.807) is 19.2 Å². The van der Waals surface area contributed by atoms with E-state index in [9.17, 15) is 10.1 Å². The molecular weight excluding hydrogens is 368 g/mol. The third-order valence-corrected chi connectivity index (χ3v) is 5.74. The molecule has 7 heteroatoms. The average Bonchev–Trinajstić information content (AvgIpc) is 3.16. The van der Waals surface area contributed by atoms with Crippen LogP contribution in [0.15, 0.2) is 42.5 Å². The zero-order chi connectivity index (χ0) is 19.1. The van der Waals surface area contributed by atoms with E-state index in [0.29, 0.717) is 10.8 Å². The van der Waals surface area contributed by atoms with E-state index in [1.165, 1.54) is 7.11 Å². The molecule has 6 nitrogen and oxygen atoms in total. The summed E-state index contributed by atoms with van der Waals surface area (Å²) < 4.78 is 10.7. The molecule has 1 aliphatic heterocycles. The number of ether oxygens (including phenoxy) is 2. The van der Waals surface area contributed by atoms with Gasteiger partial charge in [-0.25, -0.2) is 0 Å². The van der Waals surface area contributed by atoms with Gasteiger partial charge < -0.3 is 14.8 Å². The monoisotopic (exact) mass is 386 g/mol. The van der Waals surface area contributed by atoms with Gasteiger partial charge >= 0.3 is 5.69 Å². The zero-order valence-corrected chi connectivity index (χ0v) is 15.7. The van der Waals surface area contributed by atoms with Gasteiger partial charge in [-0.15, -0.1) is 0 Å². The van der Waals surface area contributed by atoms with E-state index in [2.05, 4.69) is 17.5 Å². The van der Waals surface area contributed by atoms with Crippen LogP contribution in [0.4, 0.5) is 11.4 Å². The third kappa shape index (κ3) is 2.80. The summed E-state index contributed by atoms with van der Waals surface area (Å²) in [5, 5.41) is 15.7. The molecule has 0 radical (unpaired) electrons. The molecule has 0 saturated heterocycles. The number of rotatable bonds is 4. The first-order valence-electron chi connectivity index (χ1n) is 8.67. The molecule has 2 aromatic carbocycles. The molecule has 0 fully saturated rings. The molecule has 3 atom stereocenters. The number of allylic oxidation sites excluding steroid dienone is 2. The molecule has 0 amide bonds. The summed E-state index contributed by atoms with van der Waals surface area (Å²) in [6.07, 6.45) is 5.18. The Bertz CT molecular complexity index is 944. The van der Waals surface area contributed by atoms with E-state index in [1.807, 2.05) is 18.2 Å². The number of halogens is 1. The van der Waals surface area contributed by atoms with Crippen LogP contribution >= 0.6 is 11.6 Å². The maximum absolute atomic E-state index is 11.4. The smallest absolute Gasteiger partial charge is 0.311 e. The first-order chi connectivity index (χ1) is 13.0. The summed E-state index contributed by atoms with van der Waals surface area (Å²) in [5.74, 6) is 1.31. The van der Waals surface area contributed by atoms with Crippen LogP contribution in [0.25, 0.3) is 0 Å². The fourth-order valence-corrected chi connectivity index (χ4v) is 4.46. The maximum atomic E-state index is 11.4. The van der Waals surface area contributed by atoms with Crippen LogP contribution < -0.4 is 14.8 Å². The van der Waals surface area contributed by atoms with Crippen molar-refractivity contribution in [1.82, 2.24) is 0 Å². The molecule has 0 aromatic heterocycles. The van der Waals surface area contributed by atoms with Crippen LogP contribution in [0, 0.1) is 16.0 Å². The van der Waals surface area contributed by atoms with Crippen LogP contribution in [0.5, 0.6) is 11.5 Å². The van der Waals surface area contributed by atoms with Gasteiger partial charge in [0, 0.05) is 22.6 Å². The van der Waals surface area contributed by atoms with Gasteiger partial charge in [0.25, 0.3) is 0 Å². The molecule has 0 bridgehead atoms. The molecule has 0 unspecified atom stereocenters. The van der Waals surface area contributed by atoms with Crippen LogP contribution in [0.2, 0.25) is 5.02 Å². The summed E-state index contributed by atoms with van der Waals surface area (Å²) in [7, 11) is 3.05. The van der Waals surface area contributed by atoms with Gasteiger partial charge in [-0.3, -0.25) is 10.1 Å². The molecule has 4 rings (SSSR count). The van der Waals surface area contributed by atoms with Crippen molar-refractivity contribution >= 4 is 23.0 Å². The first kappa shape index (κ1) is 17.7. The molecule has 140 valence electrons. The van der Waals surface area contributed by atoms with Crippen LogP contribution in [-0.4, -0.2) is 19.1 Å². The minimum absolute atomic E-state index is 0.0387. The number of hydrogen-bond acceptors (Lipinski definition) is 5. The summed E-state index contributed by atoms with van der Waals surface area (Å²) in [4.78, 5) is 11.0. The number of methoxy groups -OCH3 is 2. The van der Waals surface area contributed by atoms with E-state index < -0.39 is 4.92 Å². The minimum Gasteiger partial charge on any atom is -0.495 e. The second kappa shape index (κ2) is 6.78. The standard InChI is InChI=1S/C20H19ClN2O4/c1-26-16-8-6-11(10-15(16)23(24)25)19-13-5-3-4-12(13)18-14(21)7-9-17(27-2)20(18)22-19/h3-4,6-10,12-13,19,22H,5H2,1-2H3/t12-,13-,19+/m0/s1. The fraction of sp³-hybridized carbons (Fsp3) is 0.300. The van der Waals surface area contributed by atoms with Crippen molar-refractivity contribution in [2.75, 3.05) is 19.5 Å². The number of nitro groups is 1. The van der Waals surface area contributed by atoms with Gasteiger partial charge in [-0.2, -0.15) is 0 Å². The Morgan fingerprint density at radius 2 is 1.93 bits per heavy atom. The number of fused-ring (bicyclic) bond motifs is 3. The van der Waals surface area contributed by atoms with E-state index in [4.69, 9.17) is 21.1 Å². The van der Waals surface area contributed by atoms with Crippen molar-refractivity contribution in [3.63, 3.8) is 0 Å². The van der Waals surface area contributed by atoms with Crippen molar-refractivity contribution in [3.05, 3.63) is 68.7 Å². The Morgan fingerprint density at radius 3 is 2.63 bits per heavy atom. The number of nitrogens with one attached hydrogen (secondary N) is 1. The maximum Gasteiger partial charge on any atom is 0.311 e. The summed E-state index contributed by atoms with van der Waals surface area (Å²) in [5.41, 5.74) is 2.67. The van der Waals surface area contributed by atoms with E-state index >= 15 is 0 Å². The first-order valence-corrected chi connectivity index (χ1v) is 9.05. The SMILES string of the molecule is COc1ccc([C@H]2Nc3c(OC)ccc(Cl)c3[C@H]3C=CC[C@@H]32)cc1[N+](=O)[O-]. The number of nitrogens with zero attached hydrogens (tertiary/aromatic N) is 1. The van der Waals surface area contributed by atoms with Gasteiger partial charge in [0.1, 0.15) is 5.75 Å². The lowest BCUT2D eigenvalue weighted by Gasteiger charge is -2.38. The van der Waals surface area contributed by atoms with E-state index in [0.717, 1.165) is 23.2 Å². The number of hydrogen-bond donors (Lipinski definition) is 1. The highest BCUT2D eigenvalue weighted by atomic mass is 35.5. The number of benzene rings is 2. The highest BCUT2D eigenvalue weighted by molar-refractivity contribution is 6.32. The third-order valence-electron chi connectivity index (χ3n) is 5.41. The summed E-state index contributed by atoms with van der Waals surface area (Å²) >= 11 is 6.50. The Balaban J connectivity index is 1.83. The Hall–Kier alpha value is -2.73. The quantitative estimate of drug-likeness (QED) is 0.450. The number of nitro benzene ring substituents is 1. The van der Waals surface area contributed by atoms with Crippen LogP contribution in [-0.2, 0) is 0 Å². The average molecular weight is 387 g/mol. The van der Waals surface area contributed by atoms with Gasteiger partial charge in [0.05, 0.1) is 30.9 Å². The molecule has 2 aromatic rings. The largest absolute Gasteiger partial charge is 0.495 e. The Labute approximate surface area is 161 Å². The zero-order valence-electron chi connectivity index (χ0n) is 14.9. The Kier molecular flexibility index (Phi) is 4.44. The topological polar surface area (TPSA) is 73.6 Å². The minimum atomic E-state index is -0.416. The van der Waals surface area contributed by atoms with Gasteiger partial charge in [0.2, 0.25) is 0 Å². The molecular formula is C20H19ClN2O4. The molecule has 2 aliphatic rings. The fourth-order valence-electron chi connectivity index (χ4n) is 4.18. The van der Waals surface area contributed by atoms with Crippen molar-refractivity contribution < 1.29 is 14.4 Å². The lowest BCUT2D eigenvalue weighted by atomic mass is 9.76. The lowest BCUT2D eigenvalue weighted by Crippen LogP contribution is -2.29. The summed E-state index contributed by atoms with van der Waals surface area (Å²) in [6, 6.07) is 8.70. The molecule has 0 spiro atoms. The second-order valence-electron chi connectivity index (χ2n) is 6.70. The molecule has 1 heterocycles. The summed E-state index contributed by atoms with van der Waals surface area (Å²) in [6.45, 7) is 0. The Morgan fingerprint density at radius 1 is 1.19 bits per heavy atom. The molecule has 1 N–H and O–H groups in total. The van der Waals surface area contributed by atoms with Gasteiger partial charge in [-0.1, -0.05) is 29.8 Å². The second-order valence-corrected chi connectivity index (χ2v) is 7.11. The predicted octanol–water partition coefficient (Wildman–Crippen LogP) is 5.09. The van der Waals surface area contributed by atoms with Crippen LogP contribution in [0.1, 0.15) is 29.5 Å². The predicted molar refractivity (Wildman–Crippen MR) is 104 cm³/mol. The lowest BCUT2D eigenvalue weighted by molar-refractivity contribution is -0.385. The van der Waals surface area contributed by atoms with Gasteiger partial charge in [0.15, 0.2) is 5.75 Å². The number of anilines is 1. The van der Waals surface area contributed by atoms with Crippen LogP contribution in [0.3, 0.4) is 0 Å². The normalized spacial score (nSPS) is 22.6. The van der Waals surface area contributed by atoms with Crippen molar-refractivity contribution in [2.24, 2.45) is 5.92 Å². The molecule has 0 saturated carbocycles.